The number of rotatable bonds is 5. The smallest absolute Gasteiger partial charge is 0.310 e. The molecule has 1 saturated heterocycles. The van der Waals surface area contributed by atoms with Gasteiger partial charge in [0, 0.05) is 19.0 Å². The second kappa shape index (κ2) is 9.32. The number of nitrogens with one attached hydrogen (secondary N) is 2. The van der Waals surface area contributed by atoms with E-state index >= 15 is 0 Å². The maximum atomic E-state index is 13.2. The lowest BCUT2D eigenvalue weighted by atomic mass is 9.79. The van der Waals surface area contributed by atoms with Crippen molar-refractivity contribution in [3.8, 4) is 11.8 Å². The Morgan fingerprint density at radius 3 is 2.91 bits per heavy atom. The van der Waals surface area contributed by atoms with Gasteiger partial charge in [-0.1, -0.05) is 12.1 Å². The summed E-state index contributed by atoms with van der Waals surface area (Å²) in [5.41, 5.74) is 0.385. The molecule has 0 aliphatic carbocycles. The van der Waals surface area contributed by atoms with Crippen LogP contribution in [-0.4, -0.2) is 48.7 Å². The molecule has 3 atom stereocenters. The zero-order chi connectivity index (χ0) is 23.5. The van der Waals surface area contributed by atoms with Gasteiger partial charge >= 0.3 is 5.97 Å². The lowest BCUT2D eigenvalue weighted by Crippen LogP contribution is -2.43. The van der Waals surface area contributed by atoms with E-state index in [1.807, 2.05) is 11.0 Å². The average molecular weight is 451 g/mol. The molecule has 10 nitrogen and oxygen atoms in total. The Balaban J connectivity index is 1.73. The number of aromatic amines is 1. The van der Waals surface area contributed by atoms with Crippen LogP contribution in [0.3, 0.4) is 0 Å². The molecular weight excluding hydrogens is 426 g/mol. The third-order valence-corrected chi connectivity index (χ3v) is 6.04. The van der Waals surface area contributed by atoms with Crippen LogP contribution >= 0.6 is 0 Å². The number of ether oxygens (including phenoxy) is 2. The van der Waals surface area contributed by atoms with E-state index in [9.17, 15) is 19.6 Å². The first-order valence-corrected chi connectivity index (χ1v) is 10.9. The molecule has 0 radical (unpaired) electrons. The number of anilines is 2. The third kappa shape index (κ3) is 4.26. The summed E-state index contributed by atoms with van der Waals surface area (Å²) in [6, 6.07) is 8.97. The minimum absolute atomic E-state index is 0.122. The molecule has 4 rings (SSSR count). The zero-order valence-electron chi connectivity index (χ0n) is 18.5. The molecule has 3 heterocycles. The molecular formula is C23H25N5O5. The van der Waals surface area contributed by atoms with Crippen molar-refractivity contribution in [2.45, 2.75) is 25.7 Å². The van der Waals surface area contributed by atoms with Gasteiger partial charge < -0.3 is 19.7 Å². The summed E-state index contributed by atoms with van der Waals surface area (Å²) in [7, 11) is 1.52. The Hall–Kier alpha value is -3.87. The fraction of sp³-hybridized carbons (Fsp3) is 0.435. The number of carbonyl (C=O) groups excluding carboxylic acids is 2. The topological polar surface area (TPSA) is 137 Å². The highest BCUT2D eigenvalue weighted by atomic mass is 16.5. The highest BCUT2D eigenvalue weighted by molar-refractivity contribution is 5.98. The fourth-order valence-electron chi connectivity index (χ4n) is 4.47. The molecule has 3 unspecified atom stereocenters. The standard InChI is InChI=1S/C23H25N5O5/c1-3-33-22(31)14-7-5-9-28(12-14)23-26-19-18(21(30)27-23)17(16(11-24)20(29)25-19)13-6-4-8-15(10-13)32-2/h4,6,8,10,14,16-17H,3,5,7,9,12H2,1-2H3,(H2,25,26,27,29,30). The second-order valence-electron chi connectivity index (χ2n) is 8.04. The highest BCUT2D eigenvalue weighted by Gasteiger charge is 2.41. The molecule has 1 aromatic heterocycles. The van der Waals surface area contributed by atoms with Gasteiger partial charge in [-0.05, 0) is 37.5 Å². The van der Waals surface area contributed by atoms with E-state index in [1.165, 1.54) is 7.11 Å². The number of carbonyl (C=O) groups is 2. The molecule has 33 heavy (non-hydrogen) atoms. The maximum Gasteiger partial charge on any atom is 0.310 e. The molecule has 2 aromatic rings. The first kappa shape index (κ1) is 22.3. The lowest BCUT2D eigenvalue weighted by molar-refractivity contribution is -0.148. The summed E-state index contributed by atoms with van der Waals surface area (Å²) in [5.74, 6) is -2.06. The lowest BCUT2D eigenvalue weighted by Gasteiger charge is -2.33. The number of benzene rings is 1. The van der Waals surface area contributed by atoms with Gasteiger partial charge in [0.05, 0.1) is 31.3 Å². The summed E-state index contributed by atoms with van der Waals surface area (Å²) >= 11 is 0. The van der Waals surface area contributed by atoms with Crippen molar-refractivity contribution in [3.05, 3.63) is 45.7 Å². The number of H-pyrrole nitrogens is 1. The van der Waals surface area contributed by atoms with E-state index in [2.05, 4.69) is 15.3 Å². The fourth-order valence-corrected chi connectivity index (χ4v) is 4.47. The van der Waals surface area contributed by atoms with Gasteiger partial charge in [0.15, 0.2) is 0 Å². The molecule has 1 aromatic carbocycles. The molecule has 2 aliphatic heterocycles. The minimum atomic E-state index is -1.10. The number of amides is 1. The molecule has 172 valence electrons. The Labute approximate surface area is 190 Å². The van der Waals surface area contributed by atoms with Crippen molar-refractivity contribution < 1.29 is 19.1 Å². The van der Waals surface area contributed by atoms with E-state index in [-0.39, 0.29) is 29.2 Å². The predicted molar refractivity (Wildman–Crippen MR) is 119 cm³/mol. The molecule has 1 amide bonds. The molecule has 1 fully saturated rings. The summed E-state index contributed by atoms with van der Waals surface area (Å²) < 4.78 is 10.4. The van der Waals surface area contributed by atoms with Gasteiger partial charge in [-0.2, -0.15) is 10.2 Å². The molecule has 10 heteroatoms. The van der Waals surface area contributed by atoms with Crippen LogP contribution in [0.1, 0.15) is 36.8 Å². The van der Waals surface area contributed by atoms with Gasteiger partial charge in [0.2, 0.25) is 11.9 Å². The quantitative estimate of drug-likeness (QED) is 0.656. The average Bonchev–Trinajstić information content (AvgIpc) is 2.83. The van der Waals surface area contributed by atoms with E-state index < -0.39 is 23.3 Å². The molecule has 0 saturated carbocycles. The first-order valence-electron chi connectivity index (χ1n) is 10.9. The monoisotopic (exact) mass is 451 g/mol. The van der Waals surface area contributed by atoms with Crippen molar-refractivity contribution in [2.24, 2.45) is 11.8 Å². The summed E-state index contributed by atoms with van der Waals surface area (Å²) in [6.07, 6.45) is 1.43. The zero-order valence-corrected chi connectivity index (χ0v) is 18.5. The summed E-state index contributed by atoms with van der Waals surface area (Å²) in [4.78, 5) is 47.3. The molecule has 0 spiro atoms. The minimum Gasteiger partial charge on any atom is -0.497 e. The van der Waals surface area contributed by atoms with Gasteiger partial charge in [-0.25, -0.2) is 0 Å². The van der Waals surface area contributed by atoms with Crippen LogP contribution in [0.5, 0.6) is 5.75 Å². The number of nitrogens with zero attached hydrogens (tertiary/aromatic N) is 3. The Morgan fingerprint density at radius 1 is 1.36 bits per heavy atom. The van der Waals surface area contributed by atoms with E-state index in [0.29, 0.717) is 37.4 Å². The van der Waals surface area contributed by atoms with Crippen molar-refractivity contribution in [1.29, 1.82) is 5.26 Å². The Kier molecular flexibility index (Phi) is 6.31. The molecule has 0 bridgehead atoms. The maximum absolute atomic E-state index is 13.2. The van der Waals surface area contributed by atoms with Crippen LogP contribution in [0.4, 0.5) is 11.8 Å². The van der Waals surface area contributed by atoms with Gasteiger partial charge in [0.25, 0.3) is 5.56 Å². The van der Waals surface area contributed by atoms with Crippen LogP contribution < -0.4 is 20.5 Å². The van der Waals surface area contributed by atoms with Crippen molar-refractivity contribution in [1.82, 2.24) is 9.97 Å². The largest absolute Gasteiger partial charge is 0.497 e. The van der Waals surface area contributed by atoms with Crippen LogP contribution in [0.15, 0.2) is 29.1 Å². The second-order valence-corrected chi connectivity index (χ2v) is 8.04. The number of piperidine rings is 1. The van der Waals surface area contributed by atoms with E-state index in [1.54, 1.807) is 31.2 Å². The van der Waals surface area contributed by atoms with Crippen LogP contribution in [0.25, 0.3) is 0 Å². The number of hydrogen-bond donors (Lipinski definition) is 2. The Morgan fingerprint density at radius 2 is 2.18 bits per heavy atom. The number of nitriles is 1. The Bertz CT molecular complexity index is 1170. The van der Waals surface area contributed by atoms with Gasteiger partial charge in [0.1, 0.15) is 17.5 Å². The predicted octanol–water partition coefficient (Wildman–Crippen LogP) is 1.78. The van der Waals surface area contributed by atoms with E-state index in [0.717, 1.165) is 6.42 Å². The summed E-state index contributed by atoms with van der Waals surface area (Å²) in [6.45, 7) is 3.03. The molecule has 2 aliphatic rings. The number of esters is 1. The first-order chi connectivity index (χ1) is 16.0. The van der Waals surface area contributed by atoms with Crippen LogP contribution in [0.2, 0.25) is 0 Å². The number of fused-ring (bicyclic) bond motifs is 1. The third-order valence-electron chi connectivity index (χ3n) is 6.04. The van der Waals surface area contributed by atoms with E-state index in [4.69, 9.17) is 9.47 Å². The van der Waals surface area contributed by atoms with Crippen LogP contribution in [0, 0.1) is 23.2 Å². The van der Waals surface area contributed by atoms with Gasteiger partial charge in [-0.15, -0.1) is 0 Å². The summed E-state index contributed by atoms with van der Waals surface area (Å²) in [5, 5.41) is 12.3. The SMILES string of the molecule is CCOC(=O)C1CCCN(c2nc3c(c(=O)[nH]2)C(c2cccc(OC)c2)C(C#N)C(=O)N3)C1. The van der Waals surface area contributed by atoms with Crippen molar-refractivity contribution in [2.75, 3.05) is 37.0 Å². The number of aromatic nitrogens is 2. The number of methoxy groups -OCH3 is 1. The molecule has 2 N–H and O–H groups in total. The normalized spacial score (nSPS) is 22.0. The highest BCUT2D eigenvalue weighted by Crippen LogP contribution is 2.39. The van der Waals surface area contributed by atoms with Crippen molar-refractivity contribution >= 4 is 23.6 Å². The van der Waals surface area contributed by atoms with Crippen molar-refractivity contribution in [3.63, 3.8) is 0 Å². The number of hydrogen-bond acceptors (Lipinski definition) is 8. The van der Waals surface area contributed by atoms with Gasteiger partial charge in [-0.3, -0.25) is 19.4 Å². The van der Waals surface area contributed by atoms with Crippen LogP contribution in [-0.2, 0) is 14.3 Å².